The van der Waals surface area contributed by atoms with Crippen molar-refractivity contribution in [1.29, 1.82) is 0 Å². The van der Waals surface area contributed by atoms with Gasteiger partial charge in [-0.1, -0.05) is 0 Å². The quantitative estimate of drug-likeness (QED) is 0.790. The van der Waals surface area contributed by atoms with Crippen LogP contribution >= 0.6 is 0 Å². The molecule has 1 aromatic carbocycles. The molecule has 0 heterocycles. The van der Waals surface area contributed by atoms with Crippen molar-refractivity contribution in [3.05, 3.63) is 24.3 Å². The highest BCUT2D eigenvalue weighted by molar-refractivity contribution is 5.86. The number of hydrogen-bond donors (Lipinski definition) is 2. The molecule has 0 unspecified atom stereocenters. The van der Waals surface area contributed by atoms with Crippen LogP contribution in [0.15, 0.2) is 24.3 Å². The average Bonchev–Trinajstić information content (AvgIpc) is 2.38. The fraction of sp³-hybridized carbons (Fsp3) is 0.429. The van der Waals surface area contributed by atoms with Crippen LogP contribution in [0.2, 0.25) is 0 Å². The summed E-state index contributed by atoms with van der Waals surface area (Å²) < 4.78 is 10.4. The van der Waals surface area contributed by atoms with Gasteiger partial charge in [0.2, 0.25) is 5.91 Å². The molecular weight excluding hydrogens is 262 g/mol. The van der Waals surface area contributed by atoms with Crippen LogP contribution in [0.3, 0.4) is 0 Å². The molecule has 110 valence electrons. The van der Waals surface area contributed by atoms with Gasteiger partial charge in [-0.15, -0.1) is 0 Å². The number of ether oxygens (including phenoxy) is 2. The number of hydrogen-bond acceptors (Lipinski definition) is 4. The van der Waals surface area contributed by atoms with Gasteiger partial charge in [0.25, 0.3) is 0 Å². The van der Waals surface area contributed by atoms with Crippen molar-refractivity contribution >= 4 is 11.9 Å². The van der Waals surface area contributed by atoms with E-state index in [1.54, 1.807) is 31.4 Å². The summed E-state index contributed by atoms with van der Waals surface area (Å²) in [5.74, 6) is -0.109. The lowest BCUT2D eigenvalue weighted by Gasteiger charge is -2.20. The third-order valence-corrected chi connectivity index (χ3v) is 2.64. The molecule has 20 heavy (non-hydrogen) atoms. The largest absolute Gasteiger partial charge is 0.497 e. The fourth-order valence-corrected chi connectivity index (χ4v) is 1.40. The van der Waals surface area contributed by atoms with Gasteiger partial charge in [-0.3, -0.25) is 4.79 Å². The number of carboxylic acids is 1. The van der Waals surface area contributed by atoms with E-state index in [0.717, 1.165) is 5.75 Å². The predicted octanol–water partition coefficient (Wildman–Crippen LogP) is 1.44. The molecule has 0 atom stereocenters. The Morgan fingerprint density at radius 2 is 1.75 bits per heavy atom. The Morgan fingerprint density at radius 3 is 2.25 bits per heavy atom. The highest BCUT2D eigenvalue weighted by atomic mass is 16.5. The molecule has 0 aliphatic carbocycles. The van der Waals surface area contributed by atoms with Crippen LogP contribution in [0, 0.1) is 0 Å². The normalized spacial score (nSPS) is 10.8. The minimum atomic E-state index is -1.28. The van der Waals surface area contributed by atoms with Gasteiger partial charge >= 0.3 is 5.97 Å². The number of carbonyl (C=O) groups excluding carboxylic acids is 1. The molecule has 6 heteroatoms. The second kappa shape index (κ2) is 6.79. The van der Waals surface area contributed by atoms with E-state index in [9.17, 15) is 9.59 Å². The van der Waals surface area contributed by atoms with Gasteiger partial charge in [-0.05, 0) is 38.1 Å². The number of carbonyl (C=O) groups is 2. The molecule has 0 spiro atoms. The Bertz CT molecular complexity index is 467. The first-order chi connectivity index (χ1) is 9.35. The molecule has 0 saturated carbocycles. The first kappa shape index (κ1) is 15.8. The van der Waals surface area contributed by atoms with Crippen LogP contribution in [0.4, 0.5) is 0 Å². The third kappa shape index (κ3) is 4.79. The van der Waals surface area contributed by atoms with Crippen molar-refractivity contribution in [2.45, 2.75) is 25.8 Å². The molecule has 0 fully saturated rings. The molecule has 1 rings (SSSR count). The maximum absolute atomic E-state index is 11.6. The zero-order valence-corrected chi connectivity index (χ0v) is 11.8. The van der Waals surface area contributed by atoms with Crippen molar-refractivity contribution in [2.24, 2.45) is 0 Å². The lowest BCUT2D eigenvalue weighted by atomic mass is 10.1. The summed E-state index contributed by atoms with van der Waals surface area (Å²) in [5, 5.41) is 11.3. The molecular formula is C14H19NO5. The van der Waals surface area contributed by atoms with Crippen LogP contribution in [-0.2, 0) is 9.59 Å². The number of amides is 1. The number of carboxylic acid groups (broad SMARTS) is 1. The van der Waals surface area contributed by atoms with Crippen LogP contribution in [0.1, 0.15) is 20.3 Å². The van der Waals surface area contributed by atoms with Crippen LogP contribution in [-0.4, -0.2) is 36.2 Å². The monoisotopic (exact) mass is 281 g/mol. The Balaban J connectivity index is 2.36. The van der Waals surface area contributed by atoms with E-state index in [4.69, 9.17) is 14.6 Å². The van der Waals surface area contributed by atoms with E-state index < -0.39 is 11.5 Å². The fourth-order valence-electron chi connectivity index (χ4n) is 1.40. The van der Waals surface area contributed by atoms with Gasteiger partial charge in [0.1, 0.15) is 17.0 Å². The standard InChI is InChI=1S/C14H19NO5/c1-14(2,13(17)18)15-12(16)8-9-20-11-6-4-10(19-3)5-7-11/h4-7H,8-9H2,1-3H3,(H,15,16)(H,17,18). The Hall–Kier alpha value is -2.24. The summed E-state index contributed by atoms with van der Waals surface area (Å²) in [5.41, 5.74) is -1.28. The summed E-state index contributed by atoms with van der Waals surface area (Å²) >= 11 is 0. The number of benzene rings is 1. The summed E-state index contributed by atoms with van der Waals surface area (Å²) in [6, 6.07) is 6.97. The zero-order chi connectivity index (χ0) is 15.2. The molecule has 6 nitrogen and oxygen atoms in total. The molecule has 1 amide bonds. The van der Waals surface area contributed by atoms with Gasteiger partial charge in [0.05, 0.1) is 20.1 Å². The smallest absolute Gasteiger partial charge is 0.328 e. The summed E-state index contributed by atoms with van der Waals surface area (Å²) in [7, 11) is 1.57. The van der Waals surface area contributed by atoms with Gasteiger partial charge < -0.3 is 19.9 Å². The lowest BCUT2D eigenvalue weighted by molar-refractivity contribution is -0.146. The van der Waals surface area contributed by atoms with E-state index in [1.165, 1.54) is 13.8 Å². The zero-order valence-electron chi connectivity index (χ0n) is 11.8. The molecule has 0 aromatic heterocycles. The van der Waals surface area contributed by atoms with Crippen LogP contribution < -0.4 is 14.8 Å². The molecule has 1 aromatic rings. The molecule has 0 saturated heterocycles. The summed E-state index contributed by atoms with van der Waals surface area (Å²) in [6.07, 6.45) is 0.0861. The molecule has 0 aliphatic heterocycles. The summed E-state index contributed by atoms with van der Waals surface area (Å²) in [4.78, 5) is 22.4. The Kier molecular flexibility index (Phi) is 5.37. The topological polar surface area (TPSA) is 84.9 Å². The number of rotatable bonds is 7. The SMILES string of the molecule is COc1ccc(OCCC(=O)NC(C)(C)C(=O)O)cc1. The molecule has 0 aliphatic rings. The third-order valence-electron chi connectivity index (χ3n) is 2.64. The number of methoxy groups -OCH3 is 1. The average molecular weight is 281 g/mol. The minimum Gasteiger partial charge on any atom is -0.497 e. The van der Waals surface area contributed by atoms with Gasteiger partial charge in [0, 0.05) is 0 Å². The predicted molar refractivity (Wildman–Crippen MR) is 73.0 cm³/mol. The van der Waals surface area contributed by atoms with Crippen LogP contribution in [0.5, 0.6) is 11.5 Å². The minimum absolute atomic E-state index is 0.0861. The van der Waals surface area contributed by atoms with Gasteiger partial charge in [-0.2, -0.15) is 0 Å². The van der Waals surface area contributed by atoms with Crippen molar-refractivity contribution in [1.82, 2.24) is 5.32 Å². The van der Waals surface area contributed by atoms with E-state index in [0.29, 0.717) is 5.75 Å². The maximum Gasteiger partial charge on any atom is 0.328 e. The highest BCUT2D eigenvalue weighted by Crippen LogP contribution is 2.17. The number of aliphatic carboxylic acids is 1. The van der Waals surface area contributed by atoms with Crippen molar-refractivity contribution < 1.29 is 24.2 Å². The highest BCUT2D eigenvalue weighted by Gasteiger charge is 2.28. The Morgan fingerprint density at radius 1 is 1.20 bits per heavy atom. The molecule has 0 radical (unpaired) electrons. The van der Waals surface area contributed by atoms with E-state index >= 15 is 0 Å². The van der Waals surface area contributed by atoms with E-state index in [2.05, 4.69) is 5.32 Å². The maximum atomic E-state index is 11.6. The second-order valence-electron chi connectivity index (χ2n) is 4.75. The second-order valence-corrected chi connectivity index (χ2v) is 4.75. The first-order valence-electron chi connectivity index (χ1n) is 6.16. The van der Waals surface area contributed by atoms with Crippen molar-refractivity contribution in [2.75, 3.05) is 13.7 Å². The number of nitrogens with one attached hydrogen (secondary N) is 1. The molecule has 0 bridgehead atoms. The van der Waals surface area contributed by atoms with Crippen molar-refractivity contribution in [3.8, 4) is 11.5 Å². The van der Waals surface area contributed by atoms with Crippen LogP contribution in [0.25, 0.3) is 0 Å². The first-order valence-corrected chi connectivity index (χ1v) is 6.16. The lowest BCUT2D eigenvalue weighted by Crippen LogP contribution is -2.49. The van der Waals surface area contributed by atoms with Crippen molar-refractivity contribution in [3.63, 3.8) is 0 Å². The van der Waals surface area contributed by atoms with Gasteiger partial charge in [0.15, 0.2) is 0 Å². The molecule has 2 N–H and O–H groups in total. The Labute approximate surface area is 117 Å². The van der Waals surface area contributed by atoms with E-state index in [1.807, 2.05) is 0 Å². The van der Waals surface area contributed by atoms with E-state index in [-0.39, 0.29) is 18.9 Å². The van der Waals surface area contributed by atoms with Gasteiger partial charge in [-0.25, -0.2) is 4.79 Å². The summed E-state index contributed by atoms with van der Waals surface area (Å²) in [6.45, 7) is 3.03.